The minimum absolute atomic E-state index is 0.0750. The molecule has 0 atom stereocenters. The molecule has 110 valence electrons. The zero-order valence-electron chi connectivity index (χ0n) is 13.2. The Labute approximate surface area is 122 Å². The van der Waals surface area contributed by atoms with Crippen molar-refractivity contribution >= 4 is 5.91 Å². The van der Waals surface area contributed by atoms with E-state index >= 15 is 0 Å². The van der Waals surface area contributed by atoms with Crippen molar-refractivity contribution in [1.29, 1.82) is 0 Å². The zero-order chi connectivity index (χ0) is 14.7. The lowest BCUT2D eigenvalue weighted by Gasteiger charge is -2.17. The summed E-state index contributed by atoms with van der Waals surface area (Å²) in [4.78, 5) is 14.9. The van der Waals surface area contributed by atoms with Crippen LogP contribution >= 0.6 is 0 Å². The van der Waals surface area contributed by atoms with Gasteiger partial charge in [0.15, 0.2) is 0 Å². The van der Waals surface area contributed by atoms with Crippen molar-refractivity contribution in [2.24, 2.45) is 0 Å². The maximum absolute atomic E-state index is 12.4. The molecule has 1 aliphatic heterocycles. The van der Waals surface area contributed by atoms with Crippen LogP contribution in [-0.2, 0) is 0 Å². The summed E-state index contributed by atoms with van der Waals surface area (Å²) in [5, 5.41) is 3.08. The minimum atomic E-state index is 0.0750. The van der Waals surface area contributed by atoms with Gasteiger partial charge in [0.05, 0.1) is 0 Å². The van der Waals surface area contributed by atoms with Crippen molar-refractivity contribution in [2.75, 3.05) is 26.2 Å². The third-order valence-corrected chi connectivity index (χ3v) is 4.51. The first-order chi connectivity index (χ1) is 9.50. The Kier molecular flexibility index (Phi) is 4.81. The number of benzene rings is 1. The van der Waals surface area contributed by atoms with E-state index in [1.54, 1.807) is 0 Å². The van der Waals surface area contributed by atoms with Gasteiger partial charge < -0.3 is 10.2 Å². The van der Waals surface area contributed by atoms with E-state index in [-0.39, 0.29) is 5.91 Å². The fourth-order valence-corrected chi connectivity index (χ4v) is 2.98. The van der Waals surface area contributed by atoms with Crippen molar-refractivity contribution in [3.8, 4) is 0 Å². The average Bonchev–Trinajstić information content (AvgIpc) is 2.90. The van der Waals surface area contributed by atoms with Crippen molar-refractivity contribution in [1.82, 2.24) is 10.2 Å². The van der Waals surface area contributed by atoms with E-state index in [2.05, 4.69) is 30.1 Å². The second-order valence-corrected chi connectivity index (χ2v) is 5.94. The summed E-state index contributed by atoms with van der Waals surface area (Å²) in [7, 11) is 0. The Morgan fingerprint density at radius 1 is 1.10 bits per heavy atom. The quantitative estimate of drug-likeness (QED) is 0.915. The fourth-order valence-electron chi connectivity index (χ4n) is 2.98. The number of carbonyl (C=O) groups excluding carboxylic acids is 1. The highest BCUT2D eigenvalue weighted by molar-refractivity contribution is 5.97. The van der Waals surface area contributed by atoms with Gasteiger partial charge in [0.2, 0.25) is 0 Å². The molecule has 0 aliphatic carbocycles. The Morgan fingerprint density at radius 3 is 2.20 bits per heavy atom. The molecule has 1 aromatic rings. The monoisotopic (exact) mass is 274 g/mol. The fraction of sp³-hybridized carbons (Fsp3) is 0.588. The van der Waals surface area contributed by atoms with Crippen molar-refractivity contribution in [2.45, 2.75) is 40.5 Å². The lowest BCUT2D eigenvalue weighted by atomic mass is 9.94. The van der Waals surface area contributed by atoms with Crippen LogP contribution in [0.25, 0.3) is 0 Å². The Balaban J connectivity index is 2.01. The number of hydrogen-bond acceptors (Lipinski definition) is 2. The number of aryl methyl sites for hydroxylation is 2. The summed E-state index contributed by atoms with van der Waals surface area (Å²) in [5.74, 6) is 0.0750. The van der Waals surface area contributed by atoms with Gasteiger partial charge in [0.1, 0.15) is 0 Å². The van der Waals surface area contributed by atoms with Crippen molar-refractivity contribution in [3.63, 3.8) is 0 Å². The SMILES string of the molecule is Cc1cc(C)c(C)c(C(=O)NCCN2CCCC2)c1C. The van der Waals surface area contributed by atoms with E-state index in [1.807, 2.05) is 13.8 Å². The first kappa shape index (κ1) is 15.0. The van der Waals surface area contributed by atoms with Crippen LogP contribution in [0.15, 0.2) is 6.07 Å². The molecular formula is C17H26N2O. The largest absolute Gasteiger partial charge is 0.351 e. The number of hydrogen-bond donors (Lipinski definition) is 1. The molecule has 0 radical (unpaired) electrons. The summed E-state index contributed by atoms with van der Waals surface area (Å²) in [6.07, 6.45) is 2.59. The molecule has 0 bridgehead atoms. The van der Waals surface area contributed by atoms with Crippen LogP contribution in [0.3, 0.4) is 0 Å². The normalized spacial score (nSPS) is 15.6. The Morgan fingerprint density at radius 2 is 1.65 bits per heavy atom. The second-order valence-electron chi connectivity index (χ2n) is 5.94. The molecule has 1 N–H and O–H groups in total. The lowest BCUT2D eigenvalue weighted by Crippen LogP contribution is -2.34. The van der Waals surface area contributed by atoms with Crippen LogP contribution in [0.1, 0.15) is 45.5 Å². The molecule has 1 heterocycles. The lowest BCUT2D eigenvalue weighted by molar-refractivity contribution is 0.0948. The van der Waals surface area contributed by atoms with E-state index in [0.717, 1.165) is 29.8 Å². The van der Waals surface area contributed by atoms with E-state index < -0.39 is 0 Å². The van der Waals surface area contributed by atoms with Crippen molar-refractivity contribution < 1.29 is 4.79 Å². The maximum Gasteiger partial charge on any atom is 0.251 e. The molecule has 20 heavy (non-hydrogen) atoms. The molecule has 1 aromatic carbocycles. The molecule has 0 spiro atoms. The third-order valence-electron chi connectivity index (χ3n) is 4.51. The number of likely N-dealkylation sites (tertiary alicyclic amines) is 1. The topological polar surface area (TPSA) is 32.3 Å². The second kappa shape index (κ2) is 6.40. The number of carbonyl (C=O) groups is 1. The van der Waals surface area contributed by atoms with Crippen LogP contribution in [0.5, 0.6) is 0 Å². The highest BCUT2D eigenvalue weighted by Gasteiger charge is 2.16. The van der Waals surface area contributed by atoms with E-state index in [0.29, 0.717) is 0 Å². The van der Waals surface area contributed by atoms with Gasteiger partial charge in [-0.3, -0.25) is 4.79 Å². The number of nitrogens with zero attached hydrogens (tertiary/aromatic N) is 1. The maximum atomic E-state index is 12.4. The van der Waals surface area contributed by atoms with E-state index in [1.165, 1.54) is 37.1 Å². The molecule has 1 amide bonds. The molecule has 3 nitrogen and oxygen atoms in total. The first-order valence-corrected chi connectivity index (χ1v) is 7.58. The van der Waals surface area contributed by atoms with Crippen LogP contribution in [0, 0.1) is 27.7 Å². The third kappa shape index (κ3) is 3.21. The molecule has 3 heteroatoms. The van der Waals surface area contributed by atoms with Gasteiger partial charge in [0, 0.05) is 18.7 Å². The standard InChI is InChI=1S/C17H26N2O/c1-12-11-13(2)15(4)16(14(12)3)17(20)18-7-10-19-8-5-6-9-19/h11H,5-10H2,1-4H3,(H,18,20). The minimum Gasteiger partial charge on any atom is -0.351 e. The Bertz CT molecular complexity index is 476. The number of amides is 1. The van der Waals surface area contributed by atoms with Gasteiger partial charge in [0.25, 0.3) is 5.91 Å². The molecule has 1 aliphatic rings. The van der Waals surface area contributed by atoms with Crippen LogP contribution < -0.4 is 5.32 Å². The van der Waals surface area contributed by atoms with Gasteiger partial charge in [-0.15, -0.1) is 0 Å². The van der Waals surface area contributed by atoms with Crippen LogP contribution in [0.4, 0.5) is 0 Å². The van der Waals surface area contributed by atoms with Gasteiger partial charge in [-0.2, -0.15) is 0 Å². The van der Waals surface area contributed by atoms with Gasteiger partial charge in [-0.25, -0.2) is 0 Å². The Hall–Kier alpha value is -1.35. The van der Waals surface area contributed by atoms with Crippen LogP contribution in [0.2, 0.25) is 0 Å². The summed E-state index contributed by atoms with van der Waals surface area (Å²) in [6.45, 7) is 12.3. The molecular weight excluding hydrogens is 248 g/mol. The summed E-state index contributed by atoms with van der Waals surface area (Å²) in [5.41, 5.74) is 5.46. The number of rotatable bonds is 4. The molecule has 0 unspecified atom stereocenters. The summed E-state index contributed by atoms with van der Waals surface area (Å²) >= 11 is 0. The van der Waals surface area contributed by atoms with Gasteiger partial charge >= 0.3 is 0 Å². The zero-order valence-corrected chi connectivity index (χ0v) is 13.2. The number of nitrogens with one attached hydrogen (secondary N) is 1. The van der Waals surface area contributed by atoms with Crippen molar-refractivity contribution in [3.05, 3.63) is 33.9 Å². The highest BCUT2D eigenvalue weighted by Crippen LogP contribution is 2.21. The molecule has 1 fully saturated rings. The highest BCUT2D eigenvalue weighted by atomic mass is 16.1. The predicted molar refractivity (Wildman–Crippen MR) is 83.4 cm³/mol. The van der Waals surface area contributed by atoms with Gasteiger partial charge in [-0.1, -0.05) is 6.07 Å². The van der Waals surface area contributed by atoms with E-state index in [9.17, 15) is 4.79 Å². The summed E-state index contributed by atoms with van der Waals surface area (Å²) in [6, 6.07) is 2.16. The van der Waals surface area contributed by atoms with Gasteiger partial charge in [-0.05, 0) is 75.9 Å². The van der Waals surface area contributed by atoms with E-state index in [4.69, 9.17) is 0 Å². The predicted octanol–water partition coefficient (Wildman–Crippen LogP) is 2.75. The smallest absolute Gasteiger partial charge is 0.251 e. The molecule has 2 rings (SSSR count). The molecule has 0 aromatic heterocycles. The summed E-state index contributed by atoms with van der Waals surface area (Å²) < 4.78 is 0. The average molecular weight is 274 g/mol. The van der Waals surface area contributed by atoms with Crippen LogP contribution in [-0.4, -0.2) is 37.0 Å². The molecule has 1 saturated heterocycles. The molecule has 0 saturated carbocycles. The first-order valence-electron chi connectivity index (χ1n) is 7.58.